The Bertz CT molecular complexity index is 274. The van der Waals surface area contributed by atoms with E-state index in [-0.39, 0.29) is 11.3 Å². The van der Waals surface area contributed by atoms with Crippen LogP contribution in [0.4, 0.5) is 0 Å². The first-order valence-electron chi connectivity index (χ1n) is 4.59. The van der Waals surface area contributed by atoms with Gasteiger partial charge >= 0.3 is 0 Å². The summed E-state index contributed by atoms with van der Waals surface area (Å²) in [5.74, 6) is 0.270. The van der Waals surface area contributed by atoms with Crippen molar-refractivity contribution >= 4 is 6.29 Å². The molecule has 1 aromatic rings. The van der Waals surface area contributed by atoms with E-state index in [2.05, 4.69) is 19.1 Å². The van der Waals surface area contributed by atoms with Crippen molar-refractivity contribution < 1.29 is 4.79 Å². The summed E-state index contributed by atoms with van der Waals surface area (Å²) in [6, 6.07) is 10.1. The van der Waals surface area contributed by atoms with Gasteiger partial charge in [0, 0.05) is 5.41 Å². The predicted molar refractivity (Wildman–Crippen MR) is 54.7 cm³/mol. The van der Waals surface area contributed by atoms with Crippen molar-refractivity contribution in [3.8, 4) is 0 Å². The van der Waals surface area contributed by atoms with E-state index in [0.29, 0.717) is 0 Å². The predicted octanol–water partition coefficient (Wildman–Crippen LogP) is 3.02. The quantitative estimate of drug-likeness (QED) is 0.647. The second-order valence-electron chi connectivity index (χ2n) is 4.07. The van der Waals surface area contributed by atoms with Crippen LogP contribution in [0, 0.1) is 5.41 Å². The fourth-order valence-electron chi connectivity index (χ4n) is 1.27. The van der Waals surface area contributed by atoms with E-state index in [4.69, 9.17) is 0 Å². The summed E-state index contributed by atoms with van der Waals surface area (Å²) in [7, 11) is 0. The zero-order chi connectivity index (χ0) is 9.90. The highest BCUT2D eigenvalue weighted by Crippen LogP contribution is 2.32. The smallest absolute Gasteiger partial charge is 0.126 e. The molecule has 1 rings (SSSR count). The zero-order valence-corrected chi connectivity index (χ0v) is 8.45. The lowest BCUT2D eigenvalue weighted by Gasteiger charge is -2.25. The van der Waals surface area contributed by atoms with Gasteiger partial charge in [-0.15, -0.1) is 0 Å². The maximum atomic E-state index is 10.8. The fraction of sp³-hybridized carbons (Fsp3) is 0.417. The lowest BCUT2D eigenvalue weighted by molar-refractivity contribution is -0.115. The van der Waals surface area contributed by atoms with E-state index in [1.807, 2.05) is 32.0 Å². The summed E-state index contributed by atoms with van der Waals surface area (Å²) < 4.78 is 0. The van der Waals surface area contributed by atoms with Crippen molar-refractivity contribution in [3.05, 3.63) is 35.9 Å². The molecule has 0 radical (unpaired) electrons. The Kier molecular flexibility index (Phi) is 2.86. The van der Waals surface area contributed by atoms with Gasteiger partial charge in [-0.25, -0.2) is 0 Å². The van der Waals surface area contributed by atoms with Crippen molar-refractivity contribution in [1.82, 2.24) is 0 Å². The third-order valence-electron chi connectivity index (χ3n) is 2.72. The van der Waals surface area contributed by atoms with Gasteiger partial charge in [-0.05, 0) is 11.5 Å². The van der Waals surface area contributed by atoms with Gasteiger partial charge in [0.25, 0.3) is 0 Å². The molecule has 0 bridgehead atoms. The Hall–Kier alpha value is -1.11. The molecule has 0 saturated carbocycles. The highest BCUT2D eigenvalue weighted by Gasteiger charge is 2.25. The second-order valence-corrected chi connectivity index (χ2v) is 4.07. The summed E-state index contributed by atoms with van der Waals surface area (Å²) in [6.45, 7) is 6.03. The van der Waals surface area contributed by atoms with Crippen molar-refractivity contribution in [3.63, 3.8) is 0 Å². The fourth-order valence-corrected chi connectivity index (χ4v) is 1.27. The molecule has 1 heteroatoms. The van der Waals surface area contributed by atoms with Gasteiger partial charge in [0.1, 0.15) is 6.29 Å². The molecule has 1 nitrogen and oxygen atoms in total. The number of benzene rings is 1. The molecule has 1 aromatic carbocycles. The molecule has 70 valence electrons. The summed E-state index contributed by atoms with van der Waals surface area (Å²) >= 11 is 0. The van der Waals surface area contributed by atoms with Crippen molar-refractivity contribution in [2.24, 2.45) is 5.41 Å². The standard InChI is InChI=1S/C12H16O/c1-10(12(2,3)9-13)11-7-5-4-6-8-11/h4-10H,1-3H3. The minimum Gasteiger partial charge on any atom is -0.303 e. The van der Waals surface area contributed by atoms with Crippen LogP contribution in [0.2, 0.25) is 0 Å². The molecule has 0 saturated heterocycles. The molecule has 0 amide bonds. The van der Waals surface area contributed by atoms with Gasteiger partial charge in [0.15, 0.2) is 0 Å². The molecule has 1 atom stereocenters. The van der Waals surface area contributed by atoms with Gasteiger partial charge in [-0.1, -0.05) is 51.1 Å². The Morgan fingerprint density at radius 2 is 1.77 bits per heavy atom. The molecule has 0 N–H and O–H groups in total. The van der Waals surface area contributed by atoms with E-state index in [0.717, 1.165) is 6.29 Å². The van der Waals surface area contributed by atoms with Gasteiger partial charge in [-0.3, -0.25) is 0 Å². The molecule has 0 aliphatic carbocycles. The van der Waals surface area contributed by atoms with Crippen LogP contribution in [0.3, 0.4) is 0 Å². The zero-order valence-electron chi connectivity index (χ0n) is 8.45. The van der Waals surface area contributed by atoms with E-state index in [9.17, 15) is 4.79 Å². The van der Waals surface area contributed by atoms with Gasteiger partial charge < -0.3 is 4.79 Å². The Balaban J connectivity index is 2.91. The normalized spacial score (nSPS) is 13.8. The molecule has 0 aliphatic rings. The summed E-state index contributed by atoms with van der Waals surface area (Å²) in [5.41, 5.74) is 0.945. The summed E-state index contributed by atoms with van der Waals surface area (Å²) in [5, 5.41) is 0. The van der Waals surface area contributed by atoms with Crippen LogP contribution >= 0.6 is 0 Å². The minimum atomic E-state index is -0.276. The number of rotatable bonds is 3. The highest BCUT2D eigenvalue weighted by molar-refractivity contribution is 5.60. The number of aldehydes is 1. The molecule has 1 unspecified atom stereocenters. The summed E-state index contributed by atoms with van der Waals surface area (Å²) in [4.78, 5) is 10.8. The Morgan fingerprint density at radius 3 is 2.23 bits per heavy atom. The van der Waals surface area contributed by atoms with Crippen molar-refractivity contribution in [2.45, 2.75) is 26.7 Å². The summed E-state index contributed by atoms with van der Waals surface area (Å²) in [6.07, 6.45) is 1.03. The van der Waals surface area contributed by atoms with Gasteiger partial charge in [-0.2, -0.15) is 0 Å². The number of carbonyl (C=O) groups excluding carboxylic acids is 1. The Labute approximate surface area is 79.8 Å². The molecule has 0 aliphatic heterocycles. The monoisotopic (exact) mass is 176 g/mol. The average molecular weight is 176 g/mol. The highest BCUT2D eigenvalue weighted by atomic mass is 16.1. The third kappa shape index (κ3) is 2.18. The van der Waals surface area contributed by atoms with Crippen LogP contribution in [0.5, 0.6) is 0 Å². The molecular formula is C12H16O. The third-order valence-corrected chi connectivity index (χ3v) is 2.72. The molecular weight excluding hydrogens is 160 g/mol. The van der Waals surface area contributed by atoms with Crippen LogP contribution in [0.1, 0.15) is 32.3 Å². The van der Waals surface area contributed by atoms with Crippen molar-refractivity contribution in [1.29, 1.82) is 0 Å². The topological polar surface area (TPSA) is 17.1 Å². The first-order valence-corrected chi connectivity index (χ1v) is 4.59. The molecule has 0 heterocycles. The average Bonchev–Trinajstić information content (AvgIpc) is 2.18. The second kappa shape index (κ2) is 3.73. The maximum absolute atomic E-state index is 10.8. The van der Waals surface area contributed by atoms with E-state index in [1.54, 1.807) is 0 Å². The molecule has 13 heavy (non-hydrogen) atoms. The van der Waals surface area contributed by atoms with E-state index in [1.165, 1.54) is 5.56 Å². The van der Waals surface area contributed by atoms with E-state index >= 15 is 0 Å². The number of hydrogen-bond donors (Lipinski definition) is 0. The Morgan fingerprint density at radius 1 is 1.23 bits per heavy atom. The first-order chi connectivity index (χ1) is 6.08. The first kappa shape index (κ1) is 9.97. The van der Waals surface area contributed by atoms with Crippen LogP contribution in [0.25, 0.3) is 0 Å². The lowest BCUT2D eigenvalue weighted by Crippen LogP contribution is -2.21. The maximum Gasteiger partial charge on any atom is 0.126 e. The van der Waals surface area contributed by atoms with Crippen molar-refractivity contribution in [2.75, 3.05) is 0 Å². The largest absolute Gasteiger partial charge is 0.303 e. The minimum absolute atomic E-state index is 0.270. The van der Waals surface area contributed by atoms with Crippen LogP contribution in [-0.2, 0) is 4.79 Å². The SMILES string of the molecule is CC(c1ccccc1)C(C)(C)C=O. The van der Waals surface area contributed by atoms with Gasteiger partial charge in [0.2, 0.25) is 0 Å². The van der Waals surface area contributed by atoms with Crippen LogP contribution in [-0.4, -0.2) is 6.29 Å². The number of carbonyl (C=O) groups is 1. The van der Waals surface area contributed by atoms with Crippen LogP contribution in [0.15, 0.2) is 30.3 Å². The molecule has 0 fully saturated rings. The number of hydrogen-bond acceptors (Lipinski definition) is 1. The molecule has 0 spiro atoms. The van der Waals surface area contributed by atoms with Gasteiger partial charge in [0.05, 0.1) is 0 Å². The lowest BCUT2D eigenvalue weighted by atomic mass is 9.77. The van der Waals surface area contributed by atoms with E-state index < -0.39 is 0 Å². The van der Waals surface area contributed by atoms with Crippen LogP contribution < -0.4 is 0 Å². The molecule has 0 aromatic heterocycles.